The van der Waals surface area contributed by atoms with Crippen molar-refractivity contribution in [2.75, 3.05) is 33.3 Å². The van der Waals surface area contributed by atoms with E-state index in [0.717, 1.165) is 49.2 Å². The van der Waals surface area contributed by atoms with Gasteiger partial charge in [-0.1, -0.05) is 17.7 Å². The zero-order valence-corrected chi connectivity index (χ0v) is 18.9. The van der Waals surface area contributed by atoms with Crippen LogP contribution in [0.5, 0.6) is 0 Å². The molecule has 0 heterocycles. The smallest absolute Gasteiger partial charge is 0.252 e. The van der Waals surface area contributed by atoms with Crippen LogP contribution in [0.25, 0.3) is 0 Å². The standard InChI is InChI=1S/C25H35ClN2O2/c1-28(7-8-29)6-2-3-17-4-5-22(26)21(10-17)23(30)27-16-24-12-18-9-19-11-20(14-24)25(19,13-18)15-24/h4-5,10,18-20,29H,2-3,6-9,11-16H2,1H3,(H,27,30). The van der Waals surface area contributed by atoms with Crippen molar-refractivity contribution in [1.82, 2.24) is 10.2 Å². The molecule has 0 aromatic heterocycles. The predicted octanol–water partition coefficient (Wildman–Crippen LogP) is 4.14. The van der Waals surface area contributed by atoms with Crippen molar-refractivity contribution in [3.05, 3.63) is 34.3 Å². The number of hydrogen-bond acceptors (Lipinski definition) is 3. The summed E-state index contributed by atoms with van der Waals surface area (Å²) in [6.45, 7) is 2.63. The molecule has 164 valence electrons. The minimum absolute atomic E-state index is 0.0140. The van der Waals surface area contributed by atoms with Gasteiger partial charge in [0.2, 0.25) is 0 Å². The average molecular weight is 431 g/mol. The van der Waals surface area contributed by atoms with Crippen molar-refractivity contribution in [3.8, 4) is 0 Å². The van der Waals surface area contributed by atoms with Crippen LogP contribution in [0.15, 0.2) is 18.2 Å². The molecule has 4 aliphatic carbocycles. The van der Waals surface area contributed by atoms with Gasteiger partial charge in [0.1, 0.15) is 0 Å². The molecule has 5 atom stereocenters. The number of nitrogens with zero attached hydrogens (tertiary/aromatic N) is 1. The highest BCUT2D eigenvalue weighted by atomic mass is 35.5. The maximum absolute atomic E-state index is 13.0. The maximum atomic E-state index is 13.0. The minimum Gasteiger partial charge on any atom is -0.395 e. The number of benzene rings is 1. The fourth-order valence-electron chi connectivity index (χ4n) is 7.84. The summed E-state index contributed by atoms with van der Waals surface area (Å²) in [7, 11) is 2.02. The van der Waals surface area contributed by atoms with Gasteiger partial charge in [-0.3, -0.25) is 4.79 Å². The van der Waals surface area contributed by atoms with Gasteiger partial charge in [0.15, 0.2) is 0 Å². The van der Waals surface area contributed by atoms with Crippen LogP contribution >= 0.6 is 11.6 Å². The van der Waals surface area contributed by atoms with Crippen molar-refractivity contribution in [2.24, 2.45) is 28.6 Å². The first-order valence-electron chi connectivity index (χ1n) is 11.8. The summed E-state index contributed by atoms with van der Waals surface area (Å²) in [6.07, 6.45) is 10.3. The summed E-state index contributed by atoms with van der Waals surface area (Å²) in [6, 6.07) is 5.86. The van der Waals surface area contributed by atoms with Crippen molar-refractivity contribution in [2.45, 2.75) is 51.4 Å². The lowest BCUT2D eigenvalue weighted by atomic mass is 9.55. The molecule has 4 saturated carbocycles. The Labute approximate surface area is 185 Å². The molecule has 1 aromatic rings. The van der Waals surface area contributed by atoms with E-state index in [-0.39, 0.29) is 12.5 Å². The van der Waals surface area contributed by atoms with Crippen molar-refractivity contribution in [1.29, 1.82) is 0 Å². The lowest BCUT2D eigenvalue weighted by Crippen LogP contribution is -2.43. The van der Waals surface area contributed by atoms with Gasteiger partial charge in [-0.15, -0.1) is 0 Å². The average Bonchev–Trinajstić information content (AvgIpc) is 3.03. The molecular formula is C25H35ClN2O2. The molecule has 5 heteroatoms. The molecular weight excluding hydrogens is 396 g/mol. The first-order chi connectivity index (χ1) is 14.4. The number of nitrogens with one attached hydrogen (secondary N) is 1. The number of carbonyl (C=O) groups excluding carboxylic acids is 1. The normalized spacial score (nSPS) is 35.5. The first-order valence-corrected chi connectivity index (χ1v) is 12.2. The summed E-state index contributed by atoms with van der Waals surface area (Å²) in [4.78, 5) is 15.2. The van der Waals surface area contributed by atoms with Crippen molar-refractivity contribution in [3.63, 3.8) is 0 Å². The molecule has 1 spiro atoms. The number of aliphatic hydroxyl groups is 1. The summed E-state index contributed by atoms with van der Waals surface area (Å²) >= 11 is 6.40. The Hall–Kier alpha value is -1.10. The number of halogens is 1. The van der Waals surface area contributed by atoms with Crippen LogP contribution in [0.1, 0.15) is 60.9 Å². The van der Waals surface area contributed by atoms with Crippen LogP contribution in [0, 0.1) is 28.6 Å². The number of amides is 1. The second-order valence-electron chi connectivity index (χ2n) is 10.9. The highest BCUT2D eigenvalue weighted by Gasteiger charge is 2.70. The van der Waals surface area contributed by atoms with Gasteiger partial charge in [-0.2, -0.15) is 0 Å². The van der Waals surface area contributed by atoms with Crippen molar-refractivity contribution >= 4 is 17.5 Å². The third-order valence-electron chi connectivity index (χ3n) is 8.97. The molecule has 4 aliphatic rings. The summed E-state index contributed by atoms with van der Waals surface area (Å²) < 4.78 is 0. The second kappa shape index (κ2) is 7.79. The molecule has 5 unspecified atom stereocenters. The summed E-state index contributed by atoms with van der Waals surface area (Å²) in [5, 5.41) is 12.8. The largest absolute Gasteiger partial charge is 0.395 e. The molecule has 0 saturated heterocycles. The lowest BCUT2D eigenvalue weighted by Gasteiger charge is -2.49. The summed E-state index contributed by atoms with van der Waals surface area (Å²) in [5.41, 5.74) is 2.77. The number of carbonyl (C=O) groups is 1. The molecule has 1 aromatic carbocycles. The van der Waals surface area contributed by atoms with Crippen LogP contribution in [-0.2, 0) is 6.42 Å². The van der Waals surface area contributed by atoms with Crippen LogP contribution in [0.3, 0.4) is 0 Å². The molecule has 4 fully saturated rings. The van der Waals surface area contributed by atoms with E-state index < -0.39 is 0 Å². The number of fused-ring (bicyclic) bond motifs is 2. The zero-order valence-electron chi connectivity index (χ0n) is 18.1. The van der Waals surface area contributed by atoms with Gasteiger partial charge < -0.3 is 15.3 Å². The van der Waals surface area contributed by atoms with Crippen LogP contribution < -0.4 is 5.32 Å². The van der Waals surface area contributed by atoms with Gasteiger partial charge in [0.05, 0.1) is 17.2 Å². The Morgan fingerprint density at radius 2 is 2.10 bits per heavy atom. The van der Waals surface area contributed by atoms with E-state index in [1.165, 1.54) is 38.5 Å². The third-order valence-corrected chi connectivity index (χ3v) is 9.30. The van der Waals surface area contributed by atoms with Gasteiger partial charge in [0.25, 0.3) is 5.91 Å². The number of likely N-dealkylation sites (N-methyl/N-ethyl adjacent to an activating group) is 1. The monoisotopic (exact) mass is 430 g/mol. The van der Waals surface area contributed by atoms with E-state index in [9.17, 15) is 4.79 Å². The number of hydrogen-bond donors (Lipinski definition) is 2. The molecule has 0 aliphatic heterocycles. The topological polar surface area (TPSA) is 52.6 Å². The highest BCUT2D eigenvalue weighted by molar-refractivity contribution is 6.33. The second-order valence-corrected chi connectivity index (χ2v) is 11.3. The third kappa shape index (κ3) is 3.49. The Kier molecular flexibility index (Phi) is 5.40. The van der Waals surface area contributed by atoms with E-state index in [0.29, 0.717) is 28.0 Å². The Bertz CT molecular complexity index is 825. The minimum atomic E-state index is -0.0140. The van der Waals surface area contributed by atoms with E-state index in [1.54, 1.807) is 0 Å². The Balaban J connectivity index is 1.19. The molecule has 2 N–H and O–H groups in total. The maximum Gasteiger partial charge on any atom is 0.252 e. The van der Waals surface area contributed by atoms with Gasteiger partial charge >= 0.3 is 0 Å². The van der Waals surface area contributed by atoms with E-state index >= 15 is 0 Å². The van der Waals surface area contributed by atoms with Gasteiger partial charge in [0, 0.05) is 13.1 Å². The fraction of sp³-hybridized carbons (Fsp3) is 0.720. The predicted molar refractivity (Wildman–Crippen MR) is 120 cm³/mol. The number of aryl methyl sites for hydroxylation is 1. The highest BCUT2D eigenvalue weighted by Crippen LogP contribution is 2.78. The van der Waals surface area contributed by atoms with Crippen molar-refractivity contribution < 1.29 is 9.90 Å². The molecule has 5 rings (SSSR count). The van der Waals surface area contributed by atoms with E-state index in [1.807, 2.05) is 25.2 Å². The lowest BCUT2D eigenvalue weighted by molar-refractivity contribution is -0.00253. The van der Waals surface area contributed by atoms with Gasteiger partial charge in [-0.05, 0) is 111 Å². The zero-order chi connectivity index (χ0) is 20.9. The van der Waals surface area contributed by atoms with Crippen LogP contribution in [0.4, 0.5) is 0 Å². The van der Waals surface area contributed by atoms with Gasteiger partial charge in [-0.25, -0.2) is 0 Å². The quantitative estimate of drug-likeness (QED) is 0.619. The van der Waals surface area contributed by atoms with Crippen LogP contribution in [-0.4, -0.2) is 49.2 Å². The Morgan fingerprint density at radius 3 is 2.93 bits per heavy atom. The molecule has 30 heavy (non-hydrogen) atoms. The fourth-order valence-corrected chi connectivity index (χ4v) is 8.05. The van der Waals surface area contributed by atoms with E-state index in [4.69, 9.17) is 16.7 Å². The number of rotatable bonds is 9. The Morgan fingerprint density at radius 1 is 1.23 bits per heavy atom. The molecule has 1 amide bonds. The van der Waals surface area contributed by atoms with Crippen LogP contribution in [0.2, 0.25) is 5.02 Å². The summed E-state index contributed by atoms with van der Waals surface area (Å²) in [5.74, 6) is 2.82. The molecule has 3 bridgehead atoms. The molecule has 0 radical (unpaired) electrons. The van der Waals surface area contributed by atoms with E-state index in [2.05, 4.69) is 10.2 Å². The SMILES string of the molecule is CN(CCO)CCCc1ccc(Cl)c(C(=O)NCC23CC4CC5CC(C2)C5(C4)C3)c1. The molecule has 4 nitrogen and oxygen atoms in total. The number of aliphatic hydroxyl groups excluding tert-OH is 1. The first kappa shape index (κ1) is 20.8.